The number of para-hydroxylation sites is 1. The maximum Gasteiger partial charge on any atom is 0.132 e. The van der Waals surface area contributed by atoms with E-state index in [0.717, 1.165) is 54.6 Å². The van der Waals surface area contributed by atoms with Crippen molar-refractivity contribution >= 4 is 35.5 Å². The first-order valence-electron chi connectivity index (χ1n) is 9.50. The van der Waals surface area contributed by atoms with E-state index < -0.39 is 0 Å². The highest BCUT2D eigenvalue weighted by Gasteiger charge is 2.08. The van der Waals surface area contributed by atoms with Crippen LogP contribution in [0.4, 0.5) is 5.69 Å². The van der Waals surface area contributed by atoms with Gasteiger partial charge in [-0.3, -0.25) is 4.99 Å². The lowest BCUT2D eigenvalue weighted by Gasteiger charge is -2.19. The summed E-state index contributed by atoms with van der Waals surface area (Å²) in [7, 11) is 0. The molecule has 1 unspecified atom stereocenters. The van der Waals surface area contributed by atoms with Crippen molar-refractivity contribution < 1.29 is 0 Å². The van der Waals surface area contributed by atoms with Crippen LogP contribution in [0.5, 0.6) is 0 Å². The Balaban J connectivity index is 0.00000364. The number of anilines is 1. The van der Waals surface area contributed by atoms with Crippen molar-refractivity contribution in [3.63, 3.8) is 0 Å². The van der Waals surface area contributed by atoms with Gasteiger partial charge >= 0.3 is 0 Å². The number of nitrogens with zero attached hydrogens (tertiary/aromatic N) is 2. The van der Waals surface area contributed by atoms with Crippen LogP contribution in [0.1, 0.15) is 39.2 Å². The smallest absolute Gasteiger partial charge is 0.132 e. The molecule has 1 N–H and O–H groups in total. The molecule has 0 radical (unpaired) electrons. The molecule has 0 aliphatic rings. The topological polar surface area (TPSA) is 27.6 Å². The van der Waals surface area contributed by atoms with Crippen molar-refractivity contribution in [2.45, 2.75) is 39.7 Å². The Bertz CT molecular complexity index is 668. The molecule has 5 heteroatoms. The highest BCUT2D eigenvalue weighted by atomic mass is 35.5. The van der Waals surface area contributed by atoms with Crippen molar-refractivity contribution in [1.29, 1.82) is 0 Å². The molecule has 3 nitrogen and oxygen atoms in total. The first-order chi connectivity index (χ1) is 12.6. The number of rotatable bonds is 9. The molecule has 148 valence electrons. The zero-order chi connectivity index (χ0) is 18.8. The Morgan fingerprint density at radius 3 is 2.26 bits per heavy atom. The van der Waals surface area contributed by atoms with Gasteiger partial charge in [-0.05, 0) is 75.8 Å². The summed E-state index contributed by atoms with van der Waals surface area (Å²) in [5.74, 6) is 0.892. The zero-order valence-corrected chi connectivity index (χ0v) is 18.1. The van der Waals surface area contributed by atoms with Gasteiger partial charge in [-0.15, -0.1) is 12.4 Å². The minimum atomic E-state index is 0. The van der Waals surface area contributed by atoms with Gasteiger partial charge in [-0.2, -0.15) is 0 Å². The van der Waals surface area contributed by atoms with E-state index in [2.05, 4.69) is 43.1 Å². The molecular formula is C22H31Cl2N3. The van der Waals surface area contributed by atoms with E-state index in [1.54, 1.807) is 0 Å². The second-order valence-corrected chi connectivity index (χ2v) is 6.93. The van der Waals surface area contributed by atoms with Gasteiger partial charge in [-0.25, -0.2) is 0 Å². The molecular weight excluding hydrogens is 377 g/mol. The van der Waals surface area contributed by atoms with Gasteiger partial charge in [0.1, 0.15) is 5.84 Å². The summed E-state index contributed by atoms with van der Waals surface area (Å²) in [6.07, 6.45) is 2.23. The molecule has 1 atom stereocenters. The molecule has 0 aliphatic heterocycles. The molecule has 0 spiro atoms. The predicted octanol–water partition coefficient (Wildman–Crippen LogP) is 6.13. The van der Waals surface area contributed by atoms with Crippen molar-refractivity contribution in [2.75, 3.05) is 25.0 Å². The largest absolute Gasteiger partial charge is 0.340 e. The van der Waals surface area contributed by atoms with E-state index in [-0.39, 0.29) is 18.4 Å². The van der Waals surface area contributed by atoms with Crippen LogP contribution < -0.4 is 5.32 Å². The SMILES string of the molecule is CCN(CC)CCCC(C)N=C(Nc1ccccc1)c1ccc(Cl)cc1.Cl. The molecule has 0 fully saturated rings. The Morgan fingerprint density at radius 1 is 1.04 bits per heavy atom. The maximum atomic E-state index is 6.04. The van der Waals surface area contributed by atoms with Crippen LogP contribution in [0.3, 0.4) is 0 Å². The summed E-state index contributed by atoms with van der Waals surface area (Å²) in [6, 6.07) is 18.3. The molecule has 0 saturated heterocycles. The molecule has 27 heavy (non-hydrogen) atoms. The van der Waals surface area contributed by atoms with Gasteiger partial charge in [0.15, 0.2) is 0 Å². The second kappa shape index (κ2) is 12.8. The molecule has 0 saturated carbocycles. The Hall–Kier alpha value is -1.55. The van der Waals surface area contributed by atoms with E-state index in [1.807, 2.05) is 42.5 Å². The van der Waals surface area contributed by atoms with Crippen molar-refractivity contribution in [1.82, 2.24) is 4.90 Å². The van der Waals surface area contributed by atoms with Crippen LogP contribution in [0.2, 0.25) is 5.02 Å². The number of halogens is 2. The second-order valence-electron chi connectivity index (χ2n) is 6.49. The van der Waals surface area contributed by atoms with Gasteiger partial charge in [0.05, 0.1) is 0 Å². The van der Waals surface area contributed by atoms with Crippen molar-refractivity contribution in [3.05, 3.63) is 65.2 Å². The Morgan fingerprint density at radius 2 is 1.67 bits per heavy atom. The van der Waals surface area contributed by atoms with Crippen LogP contribution in [0.15, 0.2) is 59.6 Å². The van der Waals surface area contributed by atoms with E-state index >= 15 is 0 Å². The first kappa shape index (κ1) is 23.5. The number of hydrogen-bond donors (Lipinski definition) is 1. The molecule has 2 rings (SSSR count). The molecule has 0 aromatic heterocycles. The van der Waals surface area contributed by atoms with Crippen molar-refractivity contribution in [2.24, 2.45) is 4.99 Å². The minimum absolute atomic E-state index is 0. The monoisotopic (exact) mass is 407 g/mol. The third kappa shape index (κ3) is 8.34. The molecule has 0 aliphatic carbocycles. The van der Waals surface area contributed by atoms with Crippen LogP contribution in [0.25, 0.3) is 0 Å². The fraction of sp³-hybridized carbons (Fsp3) is 0.409. The van der Waals surface area contributed by atoms with Gasteiger partial charge in [0.2, 0.25) is 0 Å². The van der Waals surface area contributed by atoms with E-state index in [9.17, 15) is 0 Å². The average molecular weight is 408 g/mol. The minimum Gasteiger partial charge on any atom is -0.340 e. The van der Waals surface area contributed by atoms with E-state index in [4.69, 9.17) is 16.6 Å². The third-order valence-electron chi connectivity index (χ3n) is 4.49. The van der Waals surface area contributed by atoms with Crippen LogP contribution >= 0.6 is 24.0 Å². The molecule has 2 aromatic rings. The lowest BCUT2D eigenvalue weighted by molar-refractivity contribution is 0.294. The lowest BCUT2D eigenvalue weighted by atomic mass is 10.1. The summed E-state index contributed by atoms with van der Waals surface area (Å²) in [5, 5.41) is 4.20. The Kier molecular flexibility index (Phi) is 11.1. The van der Waals surface area contributed by atoms with Crippen LogP contribution in [-0.4, -0.2) is 36.4 Å². The van der Waals surface area contributed by atoms with Gasteiger partial charge in [0.25, 0.3) is 0 Å². The van der Waals surface area contributed by atoms with Crippen LogP contribution in [0, 0.1) is 0 Å². The number of hydrogen-bond acceptors (Lipinski definition) is 2. The van der Waals surface area contributed by atoms with Gasteiger partial charge in [-0.1, -0.05) is 43.6 Å². The number of nitrogens with one attached hydrogen (secondary N) is 1. The fourth-order valence-electron chi connectivity index (χ4n) is 2.88. The quantitative estimate of drug-likeness (QED) is 0.399. The van der Waals surface area contributed by atoms with E-state index in [1.165, 1.54) is 0 Å². The van der Waals surface area contributed by atoms with Crippen molar-refractivity contribution in [3.8, 4) is 0 Å². The van der Waals surface area contributed by atoms with Gasteiger partial charge in [0, 0.05) is 22.3 Å². The van der Waals surface area contributed by atoms with E-state index in [0.29, 0.717) is 0 Å². The molecule has 0 amide bonds. The summed E-state index contributed by atoms with van der Waals surface area (Å²) >= 11 is 6.04. The molecule has 0 heterocycles. The number of amidine groups is 1. The summed E-state index contributed by atoms with van der Waals surface area (Å²) in [6.45, 7) is 9.97. The predicted molar refractivity (Wildman–Crippen MR) is 122 cm³/mol. The standard InChI is InChI=1S/C22H30ClN3.ClH/c1-4-26(5-2)17-9-10-18(3)24-22(19-13-15-20(23)16-14-19)25-21-11-7-6-8-12-21;/h6-8,11-16,18H,4-5,9-10,17H2,1-3H3,(H,24,25);1H. The lowest BCUT2D eigenvalue weighted by Crippen LogP contribution is -2.24. The van der Waals surface area contributed by atoms with Crippen LogP contribution in [-0.2, 0) is 0 Å². The first-order valence-corrected chi connectivity index (χ1v) is 9.88. The van der Waals surface area contributed by atoms with Gasteiger partial charge < -0.3 is 10.2 Å². The summed E-state index contributed by atoms with van der Waals surface area (Å²) in [4.78, 5) is 7.42. The normalized spacial score (nSPS) is 12.6. The highest BCUT2D eigenvalue weighted by Crippen LogP contribution is 2.15. The molecule has 2 aromatic carbocycles. The molecule has 0 bridgehead atoms. The number of aliphatic imine (C=N–C) groups is 1. The maximum absolute atomic E-state index is 6.04. The Labute approximate surface area is 175 Å². The highest BCUT2D eigenvalue weighted by molar-refractivity contribution is 6.30. The fourth-order valence-corrected chi connectivity index (χ4v) is 3.01. The summed E-state index contributed by atoms with van der Waals surface area (Å²) in [5.41, 5.74) is 2.09. The number of benzene rings is 2. The average Bonchev–Trinajstić information content (AvgIpc) is 2.66. The summed E-state index contributed by atoms with van der Waals surface area (Å²) < 4.78 is 0. The zero-order valence-electron chi connectivity index (χ0n) is 16.5. The third-order valence-corrected chi connectivity index (χ3v) is 4.75.